The summed E-state index contributed by atoms with van der Waals surface area (Å²) < 4.78 is 37.3. The van der Waals surface area contributed by atoms with Gasteiger partial charge in [0, 0.05) is 10.9 Å². The molecule has 0 N–H and O–H groups in total. The molecule has 1 rings (SSSR count). The third kappa shape index (κ3) is 3.70. The molecule has 0 spiro atoms. The van der Waals surface area contributed by atoms with E-state index in [-0.39, 0.29) is 9.77 Å². The minimum Gasteiger partial charge on any atom is -0.244 e. The van der Waals surface area contributed by atoms with Crippen LogP contribution in [0, 0.1) is 0 Å². The third-order valence-electron chi connectivity index (χ3n) is 1.38. The van der Waals surface area contributed by atoms with Crippen molar-refractivity contribution < 1.29 is 13.2 Å². The zero-order valence-corrected chi connectivity index (χ0v) is 9.41. The van der Waals surface area contributed by atoms with Crippen LogP contribution in [0.2, 0.25) is 0 Å². The highest BCUT2D eigenvalue weighted by Gasteiger charge is 2.35. The molecular weight excluding hydrogens is 225 g/mol. The number of rotatable bonds is 1. The van der Waals surface area contributed by atoms with Crippen molar-refractivity contribution in [3.63, 3.8) is 0 Å². The van der Waals surface area contributed by atoms with Gasteiger partial charge in [-0.15, -0.1) is 0 Å². The first-order valence-corrected chi connectivity index (χ1v) is 5.08. The van der Waals surface area contributed by atoms with Crippen LogP contribution in [0.4, 0.5) is 13.2 Å². The van der Waals surface area contributed by atoms with Crippen LogP contribution in [0.3, 0.4) is 0 Å². The lowest BCUT2D eigenvalue weighted by molar-refractivity contribution is -0.140. The molecule has 0 aliphatic carbocycles. The Morgan fingerprint density at radius 3 is 2.27 bits per heavy atom. The Bertz CT molecular complexity index is 344. The van der Waals surface area contributed by atoms with Crippen molar-refractivity contribution in [2.75, 3.05) is 0 Å². The molecule has 0 atom stereocenters. The van der Waals surface area contributed by atoms with Gasteiger partial charge in [-0.05, 0) is 0 Å². The highest BCUT2D eigenvalue weighted by molar-refractivity contribution is 8.00. The minimum atomic E-state index is -4.39. The van der Waals surface area contributed by atoms with Gasteiger partial charge in [-0.2, -0.15) is 13.2 Å². The van der Waals surface area contributed by atoms with Gasteiger partial charge in [0.1, 0.15) is 16.9 Å². The maximum absolute atomic E-state index is 12.5. The first kappa shape index (κ1) is 12.3. The van der Waals surface area contributed by atoms with Gasteiger partial charge in [-0.25, -0.2) is 9.97 Å². The van der Waals surface area contributed by atoms with Crippen molar-refractivity contribution in [3.05, 3.63) is 18.1 Å². The van der Waals surface area contributed by atoms with E-state index in [1.54, 1.807) is 0 Å². The van der Waals surface area contributed by atoms with Crippen molar-refractivity contribution in [1.29, 1.82) is 0 Å². The number of nitrogens with zero attached hydrogens (tertiary/aromatic N) is 2. The van der Waals surface area contributed by atoms with Crippen LogP contribution in [0.5, 0.6) is 0 Å². The molecule has 0 aromatic carbocycles. The Labute approximate surface area is 90.3 Å². The molecule has 84 valence electrons. The van der Waals surface area contributed by atoms with Gasteiger partial charge in [0.2, 0.25) is 0 Å². The average molecular weight is 236 g/mol. The summed E-state index contributed by atoms with van der Waals surface area (Å²) in [4.78, 5) is 7.06. The molecule has 1 aromatic heterocycles. The van der Waals surface area contributed by atoms with Crippen LogP contribution in [0.25, 0.3) is 0 Å². The molecule has 0 saturated carbocycles. The quantitative estimate of drug-likeness (QED) is 0.552. The van der Waals surface area contributed by atoms with Gasteiger partial charge in [-0.1, -0.05) is 32.5 Å². The summed E-state index contributed by atoms with van der Waals surface area (Å²) in [6, 6.07) is 0. The first-order valence-electron chi connectivity index (χ1n) is 4.26. The Balaban J connectivity index is 3.08. The van der Waals surface area contributed by atoms with Crippen molar-refractivity contribution in [2.45, 2.75) is 36.7 Å². The zero-order valence-electron chi connectivity index (χ0n) is 8.59. The molecule has 0 saturated heterocycles. The van der Waals surface area contributed by atoms with Gasteiger partial charge in [-0.3, -0.25) is 0 Å². The van der Waals surface area contributed by atoms with Crippen LogP contribution in [0.1, 0.15) is 26.3 Å². The van der Waals surface area contributed by atoms with Crippen molar-refractivity contribution in [1.82, 2.24) is 9.97 Å². The van der Waals surface area contributed by atoms with E-state index in [4.69, 9.17) is 0 Å². The van der Waals surface area contributed by atoms with Crippen LogP contribution in [-0.4, -0.2) is 14.7 Å². The fraction of sp³-hybridized carbons (Fsp3) is 0.556. The molecule has 0 fully saturated rings. The van der Waals surface area contributed by atoms with Gasteiger partial charge >= 0.3 is 6.18 Å². The van der Waals surface area contributed by atoms with E-state index in [1.807, 2.05) is 20.8 Å². The first-order chi connectivity index (χ1) is 6.70. The molecular formula is C9H11F3N2S. The Kier molecular flexibility index (Phi) is 3.28. The van der Waals surface area contributed by atoms with Gasteiger partial charge < -0.3 is 0 Å². The van der Waals surface area contributed by atoms with Crippen LogP contribution < -0.4 is 0 Å². The lowest BCUT2D eigenvalue weighted by Gasteiger charge is -2.19. The van der Waals surface area contributed by atoms with E-state index >= 15 is 0 Å². The Morgan fingerprint density at radius 2 is 1.80 bits per heavy atom. The van der Waals surface area contributed by atoms with E-state index in [1.165, 1.54) is 0 Å². The highest BCUT2D eigenvalue weighted by Crippen LogP contribution is 2.39. The number of thioether (sulfide) groups is 1. The SMILES string of the molecule is CC(C)(C)Sc1ncncc1C(F)(F)F. The fourth-order valence-corrected chi connectivity index (χ4v) is 1.84. The summed E-state index contributed by atoms with van der Waals surface area (Å²) >= 11 is 1.08. The second kappa shape index (κ2) is 4.00. The highest BCUT2D eigenvalue weighted by atomic mass is 32.2. The Hall–Kier alpha value is -0.780. The molecule has 6 heteroatoms. The molecule has 15 heavy (non-hydrogen) atoms. The van der Waals surface area contributed by atoms with E-state index in [2.05, 4.69) is 9.97 Å². The number of aromatic nitrogens is 2. The van der Waals surface area contributed by atoms with E-state index in [9.17, 15) is 13.2 Å². The molecule has 0 bridgehead atoms. The zero-order chi connectivity index (χ0) is 11.7. The molecule has 1 heterocycles. The summed E-state index contributed by atoms with van der Waals surface area (Å²) in [5.41, 5.74) is -0.773. The lowest BCUT2D eigenvalue weighted by atomic mass is 10.3. The monoisotopic (exact) mass is 236 g/mol. The predicted octanol–water partition coefficient (Wildman–Crippen LogP) is 3.39. The smallest absolute Gasteiger partial charge is 0.244 e. The summed E-state index contributed by atoms with van der Waals surface area (Å²) in [6.45, 7) is 5.50. The van der Waals surface area contributed by atoms with Crippen LogP contribution in [-0.2, 0) is 6.18 Å². The maximum Gasteiger partial charge on any atom is 0.420 e. The van der Waals surface area contributed by atoms with Crippen molar-refractivity contribution in [3.8, 4) is 0 Å². The summed E-state index contributed by atoms with van der Waals surface area (Å²) in [7, 11) is 0. The fourth-order valence-electron chi connectivity index (χ4n) is 0.884. The van der Waals surface area contributed by atoms with Crippen molar-refractivity contribution in [2.24, 2.45) is 0 Å². The maximum atomic E-state index is 12.5. The number of hydrogen-bond donors (Lipinski definition) is 0. The third-order valence-corrected chi connectivity index (χ3v) is 2.52. The minimum absolute atomic E-state index is 0.0231. The molecule has 2 nitrogen and oxygen atoms in total. The summed E-state index contributed by atoms with van der Waals surface area (Å²) in [5, 5.41) is -0.0231. The Morgan fingerprint density at radius 1 is 1.20 bits per heavy atom. The summed E-state index contributed by atoms with van der Waals surface area (Å²) in [6.07, 6.45) is -2.46. The molecule has 0 radical (unpaired) electrons. The molecule has 0 unspecified atom stereocenters. The van der Waals surface area contributed by atoms with Crippen LogP contribution >= 0.6 is 11.8 Å². The number of hydrogen-bond acceptors (Lipinski definition) is 3. The molecule has 0 aliphatic heterocycles. The summed E-state index contributed by atoms with van der Waals surface area (Å²) in [5.74, 6) is 0. The van der Waals surface area contributed by atoms with Gasteiger partial charge in [0.15, 0.2) is 0 Å². The average Bonchev–Trinajstić information content (AvgIpc) is 1.99. The van der Waals surface area contributed by atoms with Crippen LogP contribution in [0.15, 0.2) is 17.6 Å². The topological polar surface area (TPSA) is 25.8 Å². The van der Waals surface area contributed by atoms with Gasteiger partial charge in [0.25, 0.3) is 0 Å². The number of alkyl halides is 3. The molecule has 0 amide bonds. The largest absolute Gasteiger partial charge is 0.420 e. The predicted molar refractivity (Wildman–Crippen MR) is 52.6 cm³/mol. The normalized spacial score (nSPS) is 12.9. The second-order valence-electron chi connectivity index (χ2n) is 3.95. The van der Waals surface area contributed by atoms with Crippen molar-refractivity contribution >= 4 is 11.8 Å². The molecule has 1 aromatic rings. The van der Waals surface area contributed by atoms with Gasteiger partial charge in [0.05, 0.1) is 0 Å². The second-order valence-corrected chi connectivity index (χ2v) is 5.77. The van der Waals surface area contributed by atoms with E-state index < -0.39 is 11.7 Å². The standard InChI is InChI=1S/C9H11F3N2S/c1-8(2,3)15-7-6(9(10,11)12)4-13-5-14-7/h4-5H,1-3H3. The molecule has 0 aliphatic rings. The number of halogens is 3. The van der Waals surface area contributed by atoms with E-state index in [0.29, 0.717) is 0 Å². The lowest BCUT2D eigenvalue weighted by Crippen LogP contribution is -2.13. The van der Waals surface area contributed by atoms with E-state index in [0.717, 1.165) is 24.3 Å².